The summed E-state index contributed by atoms with van der Waals surface area (Å²) in [5.74, 6) is -1.05. The maximum Gasteiger partial charge on any atom is 0.305 e. The molecule has 0 spiro atoms. The maximum absolute atomic E-state index is 9.73. The third kappa shape index (κ3) is 3.30. The molecule has 0 heterocycles. The number of aldehydes is 1. The lowest BCUT2D eigenvalue weighted by molar-refractivity contribution is -0.138. The van der Waals surface area contributed by atoms with Crippen LogP contribution in [-0.2, 0) is 9.59 Å². The normalized spacial score (nSPS) is 12.6. The van der Waals surface area contributed by atoms with E-state index >= 15 is 0 Å². The molecule has 0 amide bonds. The second kappa shape index (κ2) is 3.15. The number of carbonyl (C=O) groups is 2. The summed E-state index contributed by atoms with van der Waals surface area (Å²) in [6.07, 6.45) is 0.123. The van der Waals surface area contributed by atoms with Gasteiger partial charge in [0.1, 0.15) is 6.29 Å². The topological polar surface area (TPSA) is 80.4 Å². The van der Waals surface area contributed by atoms with Crippen molar-refractivity contribution in [3.8, 4) is 0 Å². The van der Waals surface area contributed by atoms with Gasteiger partial charge in [0.25, 0.3) is 0 Å². The first kappa shape index (κ1) is 7.10. The van der Waals surface area contributed by atoms with Gasteiger partial charge < -0.3 is 15.6 Å². The number of carbonyl (C=O) groups excluding carboxylic acids is 1. The molecule has 0 aliphatic heterocycles. The number of hydrogen-bond donors (Lipinski definition) is 2. The standard InChI is InChI=1S/C4H7NO3/c5-3(2-6)1-4(7)8/h2-3H,1,5H2,(H,7,8)/t3-/m1/s1. The van der Waals surface area contributed by atoms with Crippen molar-refractivity contribution in [1.29, 1.82) is 0 Å². The Morgan fingerprint density at radius 2 is 2.38 bits per heavy atom. The van der Waals surface area contributed by atoms with Crippen molar-refractivity contribution in [2.24, 2.45) is 5.73 Å². The molecular weight excluding hydrogens is 110 g/mol. The predicted octanol–water partition coefficient (Wildman–Crippen LogP) is -1.01. The van der Waals surface area contributed by atoms with Crippen LogP contribution in [0.1, 0.15) is 6.42 Å². The van der Waals surface area contributed by atoms with Gasteiger partial charge in [-0.15, -0.1) is 0 Å². The van der Waals surface area contributed by atoms with Gasteiger partial charge >= 0.3 is 5.97 Å². The molecule has 0 saturated heterocycles. The van der Waals surface area contributed by atoms with Crippen LogP contribution in [-0.4, -0.2) is 23.4 Å². The van der Waals surface area contributed by atoms with E-state index in [1.54, 1.807) is 0 Å². The van der Waals surface area contributed by atoms with E-state index in [0.717, 1.165) is 0 Å². The van der Waals surface area contributed by atoms with E-state index < -0.39 is 12.0 Å². The summed E-state index contributed by atoms with van der Waals surface area (Å²) < 4.78 is 0. The van der Waals surface area contributed by atoms with Crippen molar-refractivity contribution < 1.29 is 14.7 Å². The predicted molar refractivity (Wildman–Crippen MR) is 26.3 cm³/mol. The number of nitrogens with two attached hydrogens (primary N) is 1. The van der Waals surface area contributed by atoms with Gasteiger partial charge in [-0.2, -0.15) is 0 Å². The maximum atomic E-state index is 9.73. The monoisotopic (exact) mass is 117 g/mol. The Bertz CT molecular complexity index is 101. The van der Waals surface area contributed by atoms with Crippen molar-refractivity contribution in [2.45, 2.75) is 12.5 Å². The first-order valence-electron chi connectivity index (χ1n) is 2.09. The highest BCUT2D eigenvalue weighted by Gasteiger charge is 2.03. The molecule has 0 fully saturated rings. The molecule has 0 radical (unpaired) electrons. The smallest absolute Gasteiger partial charge is 0.305 e. The number of rotatable bonds is 3. The summed E-state index contributed by atoms with van der Waals surface area (Å²) in [4.78, 5) is 19.4. The van der Waals surface area contributed by atoms with Crippen LogP contribution in [0.5, 0.6) is 0 Å². The van der Waals surface area contributed by atoms with Crippen LogP contribution in [0, 0.1) is 0 Å². The lowest BCUT2D eigenvalue weighted by Gasteiger charge is -1.94. The van der Waals surface area contributed by atoms with E-state index in [9.17, 15) is 9.59 Å². The highest BCUT2D eigenvalue weighted by molar-refractivity contribution is 5.73. The summed E-state index contributed by atoms with van der Waals surface area (Å²) in [6, 6.07) is -0.854. The van der Waals surface area contributed by atoms with Crippen molar-refractivity contribution in [3.05, 3.63) is 0 Å². The molecule has 0 aromatic rings. The zero-order valence-corrected chi connectivity index (χ0v) is 4.20. The molecular formula is C4H7NO3. The van der Waals surface area contributed by atoms with E-state index in [1.807, 2.05) is 0 Å². The van der Waals surface area contributed by atoms with Gasteiger partial charge in [-0.3, -0.25) is 4.79 Å². The molecule has 0 aromatic heterocycles. The molecule has 1 atom stereocenters. The van der Waals surface area contributed by atoms with Crippen molar-refractivity contribution in [2.75, 3.05) is 0 Å². The van der Waals surface area contributed by atoms with Gasteiger partial charge in [0, 0.05) is 0 Å². The van der Waals surface area contributed by atoms with Gasteiger partial charge in [-0.1, -0.05) is 0 Å². The van der Waals surface area contributed by atoms with Gasteiger partial charge in [-0.25, -0.2) is 0 Å². The molecule has 0 rings (SSSR count). The van der Waals surface area contributed by atoms with Gasteiger partial charge in [-0.05, 0) is 0 Å². The van der Waals surface area contributed by atoms with Crippen molar-refractivity contribution >= 4 is 12.3 Å². The van der Waals surface area contributed by atoms with Crippen LogP contribution in [0.3, 0.4) is 0 Å². The molecule has 4 nitrogen and oxygen atoms in total. The molecule has 0 saturated carbocycles. The molecule has 0 aromatic carbocycles. The third-order valence-electron chi connectivity index (χ3n) is 0.585. The first-order valence-corrected chi connectivity index (χ1v) is 2.09. The number of aliphatic carboxylic acids is 1. The Morgan fingerprint density at radius 3 is 2.50 bits per heavy atom. The highest BCUT2D eigenvalue weighted by atomic mass is 16.4. The SMILES string of the molecule is N[C@@H](C=O)CC(=O)O. The largest absolute Gasteiger partial charge is 0.481 e. The van der Waals surface area contributed by atoms with Crippen LogP contribution < -0.4 is 5.73 Å². The Balaban J connectivity index is 3.38. The summed E-state index contributed by atoms with van der Waals surface area (Å²) in [7, 11) is 0. The Labute approximate surface area is 46.3 Å². The molecule has 0 bridgehead atoms. The summed E-state index contributed by atoms with van der Waals surface area (Å²) in [5, 5.41) is 7.98. The van der Waals surface area contributed by atoms with Crippen LogP contribution >= 0.6 is 0 Å². The molecule has 0 aliphatic carbocycles. The number of carboxylic acids is 1. The number of hydrogen-bond acceptors (Lipinski definition) is 3. The fraction of sp³-hybridized carbons (Fsp3) is 0.500. The quantitative estimate of drug-likeness (QED) is 0.464. The van der Waals surface area contributed by atoms with Crippen LogP contribution in [0.15, 0.2) is 0 Å². The van der Waals surface area contributed by atoms with Gasteiger partial charge in [0.05, 0.1) is 12.5 Å². The summed E-state index contributed by atoms with van der Waals surface area (Å²) >= 11 is 0. The third-order valence-corrected chi connectivity index (χ3v) is 0.585. The minimum atomic E-state index is -1.05. The minimum absolute atomic E-state index is 0.288. The van der Waals surface area contributed by atoms with Gasteiger partial charge in [0.15, 0.2) is 0 Å². The zero-order chi connectivity index (χ0) is 6.57. The first-order chi connectivity index (χ1) is 3.66. The van der Waals surface area contributed by atoms with Crippen LogP contribution in [0.4, 0.5) is 0 Å². The van der Waals surface area contributed by atoms with E-state index in [2.05, 4.69) is 0 Å². The Kier molecular flexibility index (Phi) is 2.79. The van der Waals surface area contributed by atoms with E-state index in [1.165, 1.54) is 0 Å². The second-order valence-electron chi connectivity index (χ2n) is 1.40. The summed E-state index contributed by atoms with van der Waals surface area (Å²) in [6.45, 7) is 0. The average molecular weight is 117 g/mol. The van der Waals surface area contributed by atoms with E-state index in [0.29, 0.717) is 6.29 Å². The molecule has 8 heavy (non-hydrogen) atoms. The molecule has 0 unspecified atom stereocenters. The Morgan fingerprint density at radius 1 is 1.88 bits per heavy atom. The van der Waals surface area contributed by atoms with E-state index in [4.69, 9.17) is 10.8 Å². The molecule has 0 aliphatic rings. The lowest BCUT2D eigenvalue weighted by Crippen LogP contribution is -2.24. The van der Waals surface area contributed by atoms with E-state index in [-0.39, 0.29) is 6.42 Å². The second-order valence-corrected chi connectivity index (χ2v) is 1.40. The number of carboxylic acid groups (broad SMARTS) is 1. The van der Waals surface area contributed by atoms with Crippen molar-refractivity contribution in [1.82, 2.24) is 0 Å². The zero-order valence-electron chi connectivity index (χ0n) is 4.20. The van der Waals surface area contributed by atoms with Crippen LogP contribution in [0.2, 0.25) is 0 Å². The lowest BCUT2D eigenvalue weighted by atomic mass is 10.2. The molecule has 46 valence electrons. The summed E-state index contributed by atoms with van der Waals surface area (Å²) in [5.41, 5.74) is 4.92. The highest BCUT2D eigenvalue weighted by Crippen LogP contribution is 1.80. The average Bonchev–Trinajstić information content (AvgIpc) is 1.65. The molecule has 3 N–H and O–H groups in total. The van der Waals surface area contributed by atoms with Crippen molar-refractivity contribution in [3.63, 3.8) is 0 Å². The van der Waals surface area contributed by atoms with Crippen LogP contribution in [0.25, 0.3) is 0 Å². The fourth-order valence-electron chi connectivity index (χ4n) is 0.250. The minimum Gasteiger partial charge on any atom is -0.481 e. The Hall–Kier alpha value is -0.900. The molecule has 4 heteroatoms. The van der Waals surface area contributed by atoms with Gasteiger partial charge in [0.2, 0.25) is 0 Å². The fourth-order valence-corrected chi connectivity index (χ4v) is 0.250.